The van der Waals surface area contributed by atoms with Crippen LogP contribution in [0.15, 0.2) is 10.6 Å². The van der Waals surface area contributed by atoms with Gasteiger partial charge in [-0.15, -0.1) is 10.2 Å². The van der Waals surface area contributed by atoms with Gasteiger partial charge < -0.3 is 4.52 Å². The maximum atomic E-state index is 5.23. The Morgan fingerprint density at radius 1 is 1.24 bits per heavy atom. The van der Waals surface area contributed by atoms with Gasteiger partial charge in [-0.3, -0.25) is 5.10 Å². The van der Waals surface area contributed by atoms with Gasteiger partial charge in [-0.05, 0) is 19.9 Å². The molecule has 1 N–H and O–H groups in total. The van der Waals surface area contributed by atoms with Crippen molar-refractivity contribution in [1.29, 1.82) is 0 Å². The van der Waals surface area contributed by atoms with Gasteiger partial charge in [0, 0.05) is 23.1 Å². The minimum atomic E-state index is 0.0126. The molecular formula is C16H19N7OS. The number of nitrogens with zero attached hydrogens (tertiary/aromatic N) is 6. The van der Waals surface area contributed by atoms with Gasteiger partial charge in [-0.25, -0.2) is 0 Å². The molecule has 4 rings (SSSR count). The molecule has 4 aromatic rings. The summed E-state index contributed by atoms with van der Waals surface area (Å²) >= 11 is 1.47. The number of hydrogen-bond acceptors (Lipinski definition) is 7. The lowest BCUT2D eigenvalue weighted by Gasteiger charge is -2.14. The predicted molar refractivity (Wildman–Crippen MR) is 93.7 cm³/mol. The van der Waals surface area contributed by atoms with Gasteiger partial charge in [-0.2, -0.15) is 14.7 Å². The van der Waals surface area contributed by atoms with E-state index >= 15 is 0 Å². The zero-order chi connectivity index (χ0) is 17.8. The minimum Gasteiger partial charge on any atom is -0.361 e. The van der Waals surface area contributed by atoms with E-state index in [1.54, 1.807) is 4.52 Å². The Labute approximate surface area is 148 Å². The SMILES string of the molecule is Cc1noc(C)c1Cc1nnc2sc(-c3cc(C(C)(C)C)[nH]n3)nn12. The molecule has 4 aromatic heterocycles. The highest BCUT2D eigenvalue weighted by molar-refractivity contribution is 7.19. The smallest absolute Gasteiger partial charge is 0.235 e. The van der Waals surface area contributed by atoms with E-state index in [-0.39, 0.29) is 5.41 Å². The van der Waals surface area contributed by atoms with Gasteiger partial charge in [0.05, 0.1) is 5.69 Å². The molecule has 0 aromatic carbocycles. The first kappa shape index (κ1) is 15.9. The summed E-state index contributed by atoms with van der Waals surface area (Å²) in [6.45, 7) is 10.3. The Morgan fingerprint density at radius 2 is 2.04 bits per heavy atom. The van der Waals surface area contributed by atoms with E-state index in [9.17, 15) is 0 Å². The van der Waals surface area contributed by atoms with Crippen LogP contribution in [0, 0.1) is 13.8 Å². The van der Waals surface area contributed by atoms with Crippen LogP contribution in [0.25, 0.3) is 15.7 Å². The number of nitrogens with one attached hydrogen (secondary N) is 1. The second-order valence-electron chi connectivity index (χ2n) is 7.11. The number of rotatable bonds is 3. The van der Waals surface area contributed by atoms with Crippen LogP contribution in [0.1, 0.15) is 49.3 Å². The number of fused-ring (bicyclic) bond motifs is 1. The van der Waals surface area contributed by atoms with Crippen molar-refractivity contribution in [2.24, 2.45) is 0 Å². The largest absolute Gasteiger partial charge is 0.361 e. The van der Waals surface area contributed by atoms with Crippen molar-refractivity contribution in [3.8, 4) is 10.7 Å². The molecule has 0 aliphatic heterocycles. The molecule has 0 atom stereocenters. The molecule has 0 unspecified atom stereocenters. The predicted octanol–water partition coefficient (Wildman–Crippen LogP) is 3.07. The van der Waals surface area contributed by atoms with E-state index in [2.05, 4.69) is 51.4 Å². The molecule has 0 saturated heterocycles. The maximum absolute atomic E-state index is 5.23. The zero-order valence-corrected chi connectivity index (χ0v) is 15.6. The maximum Gasteiger partial charge on any atom is 0.235 e. The summed E-state index contributed by atoms with van der Waals surface area (Å²) in [5, 5.41) is 25.5. The highest BCUT2D eigenvalue weighted by Gasteiger charge is 2.21. The van der Waals surface area contributed by atoms with Crippen LogP contribution in [0.4, 0.5) is 0 Å². The van der Waals surface area contributed by atoms with Crippen LogP contribution in [0.3, 0.4) is 0 Å². The molecule has 0 spiro atoms. The van der Waals surface area contributed by atoms with Crippen molar-refractivity contribution in [2.75, 3.05) is 0 Å². The Morgan fingerprint density at radius 3 is 2.68 bits per heavy atom. The van der Waals surface area contributed by atoms with E-state index in [1.807, 2.05) is 19.9 Å². The summed E-state index contributed by atoms with van der Waals surface area (Å²) < 4.78 is 7.00. The van der Waals surface area contributed by atoms with Crippen LogP contribution in [-0.2, 0) is 11.8 Å². The van der Waals surface area contributed by atoms with Crippen LogP contribution < -0.4 is 0 Å². The molecule has 4 heterocycles. The lowest BCUT2D eigenvalue weighted by molar-refractivity contribution is 0.392. The Bertz CT molecular complexity index is 1030. The van der Waals surface area contributed by atoms with Gasteiger partial charge >= 0.3 is 0 Å². The van der Waals surface area contributed by atoms with Gasteiger partial charge in [-0.1, -0.05) is 37.3 Å². The lowest BCUT2D eigenvalue weighted by atomic mass is 9.92. The summed E-state index contributed by atoms with van der Waals surface area (Å²) in [5.41, 5.74) is 3.80. The molecule has 25 heavy (non-hydrogen) atoms. The highest BCUT2D eigenvalue weighted by Crippen LogP contribution is 2.28. The summed E-state index contributed by atoms with van der Waals surface area (Å²) in [5.74, 6) is 1.56. The molecule has 0 aliphatic carbocycles. The molecule has 0 saturated carbocycles. The van der Waals surface area contributed by atoms with E-state index in [4.69, 9.17) is 4.52 Å². The van der Waals surface area contributed by atoms with Crippen molar-refractivity contribution in [3.63, 3.8) is 0 Å². The first-order chi connectivity index (χ1) is 11.8. The fourth-order valence-electron chi connectivity index (χ4n) is 2.60. The average molecular weight is 357 g/mol. The van der Waals surface area contributed by atoms with E-state index in [1.165, 1.54) is 11.3 Å². The van der Waals surface area contributed by atoms with E-state index < -0.39 is 0 Å². The normalized spacial score (nSPS) is 12.4. The van der Waals surface area contributed by atoms with Crippen molar-refractivity contribution < 1.29 is 4.52 Å². The molecule has 0 aliphatic rings. The van der Waals surface area contributed by atoms with Crippen LogP contribution >= 0.6 is 11.3 Å². The van der Waals surface area contributed by atoms with Gasteiger partial charge in [0.1, 0.15) is 11.5 Å². The summed E-state index contributed by atoms with van der Waals surface area (Å²) in [6, 6.07) is 2.04. The number of aryl methyl sites for hydroxylation is 2. The number of hydrogen-bond donors (Lipinski definition) is 1. The van der Waals surface area contributed by atoms with Crippen molar-refractivity contribution >= 4 is 16.3 Å². The summed E-state index contributed by atoms with van der Waals surface area (Å²) in [4.78, 5) is 0.747. The minimum absolute atomic E-state index is 0.0126. The second-order valence-corrected chi connectivity index (χ2v) is 8.07. The first-order valence-electron chi connectivity index (χ1n) is 8.02. The molecular weight excluding hydrogens is 338 g/mol. The summed E-state index contributed by atoms with van der Waals surface area (Å²) in [7, 11) is 0. The molecule has 0 bridgehead atoms. The van der Waals surface area contributed by atoms with E-state index in [0.29, 0.717) is 6.42 Å². The third kappa shape index (κ3) is 2.74. The van der Waals surface area contributed by atoms with Crippen molar-refractivity contribution in [2.45, 2.75) is 46.5 Å². The van der Waals surface area contributed by atoms with E-state index in [0.717, 1.165) is 44.2 Å². The molecule has 0 radical (unpaired) electrons. The van der Waals surface area contributed by atoms with Crippen LogP contribution in [-0.4, -0.2) is 35.2 Å². The summed E-state index contributed by atoms with van der Waals surface area (Å²) in [6.07, 6.45) is 0.583. The van der Waals surface area contributed by atoms with Crippen molar-refractivity contribution in [1.82, 2.24) is 35.2 Å². The lowest BCUT2D eigenvalue weighted by Crippen LogP contribution is -2.11. The second kappa shape index (κ2) is 5.48. The monoisotopic (exact) mass is 357 g/mol. The molecule has 9 heteroatoms. The third-order valence-corrected chi connectivity index (χ3v) is 5.10. The van der Waals surface area contributed by atoms with Gasteiger partial charge in [0.15, 0.2) is 10.8 Å². The van der Waals surface area contributed by atoms with Crippen LogP contribution in [0.2, 0.25) is 0 Å². The van der Waals surface area contributed by atoms with Gasteiger partial charge in [0.2, 0.25) is 4.96 Å². The van der Waals surface area contributed by atoms with Crippen molar-refractivity contribution in [3.05, 3.63) is 34.6 Å². The fourth-order valence-corrected chi connectivity index (χ4v) is 3.42. The first-order valence-corrected chi connectivity index (χ1v) is 8.83. The molecule has 0 amide bonds. The molecule has 8 nitrogen and oxygen atoms in total. The Kier molecular flexibility index (Phi) is 3.50. The quantitative estimate of drug-likeness (QED) is 0.605. The number of H-pyrrole nitrogens is 1. The third-order valence-electron chi connectivity index (χ3n) is 4.18. The topological polar surface area (TPSA) is 97.8 Å². The standard InChI is InChI=1S/C16H19N7OS/c1-8-10(9(2)24-22-8)6-13-19-20-15-23(13)21-14(25-15)11-7-12(18-17-11)16(3,4)5/h7H,6H2,1-5H3,(H,17,18). The molecule has 0 fully saturated rings. The number of aromatic nitrogens is 7. The zero-order valence-electron chi connectivity index (χ0n) is 14.8. The number of aromatic amines is 1. The highest BCUT2D eigenvalue weighted by atomic mass is 32.1. The Balaban J connectivity index is 1.70. The van der Waals surface area contributed by atoms with Crippen LogP contribution in [0.5, 0.6) is 0 Å². The average Bonchev–Trinajstić information content (AvgIpc) is 3.26. The fraction of sp³-hybridized carbons (Fsp3) is 0.438. The molecule has 130 valence electrons. The van der Waals surface area contributed by atoms with Gasteiger partial charge in [0.25, 0.3) is 0 Å². The Hall–Kier alpha value is -2.55.